The number of benzene rings is 1. The van der Waals surface area contributed by atoms with Crippen LogP contribution in [0.4, 0.5) is 5.69 Å². The average Bonchev–Trinajstić information content (AvgIpc) is 2.78. The van der Waals surface area contributed by atoms with E-state index in [0.717, 1.165) is 26.2 Å². The van der Waals surface area contributed by atoms with E-state index in [9.17, 15) is 0 Å². The number of aromatic nitrogens is 1. The zero-order valence-electron chi connectivity index (χ0n) is 12.2. The summed E-state index contributed by atoms with van der Waals surface area (Å²) in [6, 6.07) is 9.02. The zero-order chi connectivity index (χ0) is 14.2. The van der Waals surface area contributed by atoms with E-state index in [-0.39, 0.29) is 0 Å². The molecule has 0 unspecified atom stereocenters. The lowest BCUT2D eigenvalue weighted by molar-refractivity contribution is 0.589. The number of fused-ring (bicyclic) bond motifs is 2. The molecule has 3 heterocycles. The number of nitrogens with zero attached hydrogens (tertiary/aromatic N) is 2. The number of nitrogens with one attached hydrogen (secondary N) is 1. The van der Waals surface area contributed by atoms with Gasteiger partial charge in [-0.3, -0.25) is 0 Å². The van der Waals surface area contributed by atoms with E-state index in [1.165, 1.54) is 26.7 Å². The van der Waals surface area contributed by atoms with Crippen molar-refractivity contribution in [1.29, 1.82) is 0 Å². The van der Waals surface area contributed by atoms with Crippen molar-refractivity contribution in [3.05, 3.63) is 41.6 Å². The van der Waals surface area contributed by atoms with Gasteiger partial charge in [0.15, 0.2) is 0 Å². The van der Waals surface area contributed by atoms with Gasteiger partial charge in [0.1, 0.15) is 0 Å². The minimum atomic E-state index is 1.08. The maximum absolute atomic E-state index is 3.41. The summed E-state index contributed by atoms with van der Waals surface area (Å²) in [6.07, 6.45) is 6.50. The summed E-state index contributed by atoms with van der Waals surface area (Å²) in [7, 11) is 0. The fourth-order valence-corrected chi connectivity index (χ4v) is 4.02. The first-order chi connectivity index (χ1) is 10.3. The maximum Gasteiger partial charge on any atom is 0.0867 e. The molecule has 0 aliphatic carbocycles. The van der Waals surface area contributed by atoms with Crippen LogP contribution in [0, 0.1) is 6.92 Å². The quantitative estimate of drug-likeness (QED) is 0.744. The molecule has 108 valence electrons. The Labute approximate surface area is 129 Å². The number of hydrogen-bond donors (Lipinski definition) is 1. The summed E-state index contributed by atoms with van der Waals surface area (Å²) in [4.78, 5) is 3.82. The first kappa shape index (κ1) is 13.0. The lowest BCUT2D eigenvalue weighted by atomic mass is 10.1. The number of rotatable bonds is 1. The molecule has 2 aliphatic heterocycles. The summed E-state index contributed by atoms with van der Waals surface area (Å²) >= 11 is 1.87. The van der Waals surface area contributed by atoms with Crippen LogP contribution in [-0.2, 0) is 0 Å². The Kier molecular flexibility index (Phi) is 3.28. The van der Waals surface area contributed by atoms with Gasteiger partial charge < -0.3 is 14.8 Å². The summed E-state index contributed by atoms with van der Waals surface area (Å²) in [5.74, 6) is 0. The second-order valence-corrected chi connectivity index (χ2v) is 6.62. The lowest BCUT2D eigenvalue weighted by Crippen LogP contribution is -2.43. The molecule has 0 saturated carbocycles. The standard InChI is InChI=1S/C17H19N3S/c1-13-4-8-20-9-5-14-2-3-15(12-16(14)21-17(13)20)19-10-6-18-7-11-19/h2-5,8-9,12,18H,6-7,10-11H2,1H3. The van der Waals surface area contributed by atoms with Crippen LogP contribution in [0.25, 0.3) is 12.3 Å². The van der Waals surface area contributed by atoms with Gasteiger partial charge in [-0.25, -0.2) is 0 Å². The molecule has 1 saturated heterocycles. The van der Waals surface area contributed by atoms with Crippen LogP contribution < -0.4 is 10.2 Å². The van der Waals surface area contributed by atoms with Gasteiger partial charge in [0.05, 0.1) is 5.03 Å². The van der Waals surface area contributed by atoms with E-state index in [0.29, 0.717) is 0 Å². The largest absolute Gasteiger partial charge is 0.369 e. The average molecular weight is 297 g/mol. The fourth-order valence-electron chi connectivity index (χ4n) is 2.92. The minimum Gasteiger partial charge on any atom is -0.369 e. The Morgan fingerprint density at radius 2 is 2.00 bits per heavy atom. The molecule has 4 heteroatoms. The van der Waals surface area contributed by atoms with Crippen LogP contribution >= 0.6 is 11.8 Å². The van der Waals surface area contributed by atoms with Crippen molar-refractivity contribution in [2.45, 2.75) is 16.8 Å². The van der Waals surface area contributed by atoms with Crippen LogP contribution in [0.3, 0.4) is 0 Å². The van der Waals surface area contributed by atoms with Crippen molar-refractivity contribution in [1.82, 2.24) is 9.88 Å². The monoisotopic (exact) mass is 297 g/mol. The minimum absolute atomic E-state index is 1.08. The number of piperazine rings is 1. The Balaban J connectivity index is 1.71. The molecule has 2 aromatic rings. The van der Waals surface area contributed by atoms with E-state index in [4.69, 9.17) is 0 Å². The predicted octanol–water partition coefficient (Wildman–Crippen LogP) is 3.30. The van der Waals surface area contributed by atoms with Crippen molar-refractivity contribution < 1.29 is 0 Å². The molecule has 2 aliphatic rings. The molecule has 1 aromatic heterocycles. The van der Waals surface area contributed by atoms with Gasteiger partial charge in [-0.15, -0.1) is 0 Å². The lowest BCUT2D eigenvalue weighted by Gasteiger charge is -2.30. The van der Waals surface area contributed by atoms with Crippen molar-refractivity contribution in [2.24, 2.45) is 0 Å². The molecule has 0 bridgehead atoms. The third kappa shape index (κ3) is 2.39. The highest BCUT2D eigenvalue weighted by Crippen LogP contribution is 2.38. The van der Waals surface area contributed by atoms with E-state index >= 15 is 0 Å². The number of aryl methyl sites for hydroxylation is 1. The molecule has 21 heavy (non-hydrogen) atoms. The van der Waals surface area contributed by atoms with Gasteiger partial charge in [-0.1, -0.05) is 17.8 Å². The van der Waals surface area contributed by atoms with Crippen LogP contribution in [0.1, 0.15) is 11.1 Å². The molecule has 4 rings (SSSR count). The van der Waals surface area contributed by atoms with Gasteiger partial charge in [0.25, 0.3) is 0 Å². The SMILES string of the molecule is Cc1ccn2c1Sc1cc(N3CCNCC3)ccc1C=C2. The molecular weight excluding hydrogens is 278 g/mol. The van der Waals surface area contributed by atoms with Crippen LogP contribution in [0.15, 0.2) is 40.4 Å². The second-order valence-electron chi connectivity index (χ2n) is 5.59. The topological polar surface area (TPSA) is 20.2 Å². The molecule has 0 amide bonds. The second kappa shape index (κ2) is 5.28. The van der Waals surface area contributed by atoms with Gasteiger partial charge in [0, 0.05) is 49.2 Å². The zero-order valence-corrected chi connectivity index (χ0v) is 13.0. The van der Waals surface area contributed by atoms with E-state index in [1.54, 1.807) is 0 Å². The van der Waals surface area contributed by atoms with Crippen LogP contribution in [0.5, 0.6) is 0 Å². The highest BCUT2D eigenvalue weighted by molar-refractivity contribution is 7.99. The fraction of sp³-hybridized carbons (Fsp3) is 0.294. The van der Waals surface area contributed by atoms with Crippen molar-refractivity contribution in [3.63, 3.8) is 0 Å². The molecule has 1 aromatic carbocycles. The summed E-state index contributed by atoms with van der Waals surface area (Å²) < 4.78 is 2.21. The van der Waals surface area contributed by atoms with E-state index in [2.05, 4.69) is 64.4 Å². The smallest absolute Gasteiger partial charge is 0.0867 e. The molecule has 0 spiro atoms. The number of anilines is 1. The highest BCUT2D eigenvalue weighted by Gasteiger charge is 2.16. The predicted molar refractivity (Wildman–Crippen MR) is 90.0 cm³/mol. The maximum atomic E-state index is 3.41. The van der Waals surface area contributed by atoms with Gasteiger partial charge in [0.2, 0.25) is 0 Å². The molecular formula is C17H19N3S. The Hall–Kier alpha value is -1.65. The Morgan fingerprint density at radius 3 is 2.86 bits per heavy atom. The summed E-state index contributed by atoms with van der Waals surface area (Å²) in [5, 5.41) is 4.73. The third-order valence-corrected chi connectivity index (χ3v) is 5.46. The van der Waals surface area contributed by atoms with Crippen LogP contribution in [-0.4, -0.2) is 30.7 Å². The Morgan fingerprint density at radius 1 is 1.14 bits per heavy atom. The van der Waals surface area contributed by atoms with E-state index < -0.39 is 0 Å². The summed E-state index contributed by atoms with van der Waals surface area (Å²) in [6.45, 7) is 6.51. The third-order valence-electron chi connectivity index (χ3n) is 4.16. The van der Waals surface area contributed by atoms with Crippen LogP contribution in [0.2, 0.25) is 0 Å². The first-order valence-corrected chi connectivity index (χ1v) is 8.26. The van der Waals surface area contributed by atoms with E-state index in [1.807, 2.05) is 11.8 Å². The molecule has 3 nitrogen and oxygen atoms in total. The highest BCUT2D eigenvalue weighted by atomic mass is 32.2. The van der Waals surface area contributed by atoms with Gasteiger partial charge in [-0.05, 0) is 42.3 Å². The molecule has 0 atom stereocenters. The Bertz CT molecular complexity index is 696. The molecule has 0 radical (unpaired) electrons. The van der Waals surface area contributed by atoms with Gasteiger partial charge in [-0.2, -0.15) is 0 Å². The molecule has 1 N–H and O–H groups in total. The van der Waals surface area contributed by atoms with Gasteiger partial charge >= 0.3 is 0 Å². The normalized spacial score (nSPS) is 17.3. The van der Waals surface area contributed by atoms with Crippen molar-refractivity contribution in [3.8, 4) is 0 Å². The molecule has 1 fully saturated rings. The number of hydrogen-bond acceptors (Lipinski definition) is 3. The van der Waals surface area contributed by atoms with Crippen molar-refractivity contribution >= 4 is 29.7 Å². The summed E-state index contributed by atoms with van der Waals surface area (Å²) in [5.41, 5.74) is 3.99. The van der Waals surface area contributed by atoms with Crippen molar-refractivity contribution in [2.75, 3.05) is 31.1 Å². The first-order valence-electron chi connectivity index (χ1n) is 7.44.